The van der Waals surface area contributed by atoms with Gasteiger partial charge in [0.25, 0.3) is 0 Å². The van der Waals surface area contributed by atoms with Gasteiger partial charge in [0.05, 0.1) is 4.92 Å². The van der Waals surface area contributed by atoms with Gasteiger partial charge in [-0.25, -0.2) is 0 Å². The van der Waals surface area contributed by atoms with Crippen LogP contribution in [0.5, 0.6) is 0 Å². The number of H-pyrrole nitrogens is 1. The van der Waals surface area contributed by atoms with Crippen molar-refractivity contribution in [2.24, 2.45) is 0 Å². The Morgan fingerprint density at radius 1 is 1.70 bits per heavy atom. The third kappa shape index (κ3) is 0.926. The van der Waals surface area contributed by atoms with E-state index >= 15 is 0 Å². The number of aryl methyl sites for hydroxylation is 1. The molecule has 1 aromatic rings. The standard InChI is InChI=1S/C4H4N2O3S/c1-2-3(6(8)9)4(7)10-5-2/h5H,1H3. The minimum Gasteiger partial charge on any atom is -0.306 e. The number of hydrogen-bond acceptors (Lipinski definition) is 4. The second-order valence-corrected chi connectivity index (χ2v) is 2.50. The molecule has 0 aliphatic heterocycles. The molecule has 0 spiro atoms. The predicted octanol–water partition coefficient (Wildman–Crippen LogP) is 0.653. The Morgan fingerprint density at radius 2 is 2.30 bits per heavy atom. The zero-order valence-electron chi connectivity index (χ0n) is 5.08. The Kier molecular flexibility index (Phi) is 1.54. The molecule has 0 aromatic carbocycles. The van der Waals surface area contributed by atoms with Gasteiger partial charge in [0, 0.05) is 0 Å². The van der Waals surface area contributed by atoms with Crippen LogP contribution in [0, 0.1) is 17.0 Å². The van der Waals surface area contributed by atoms with Crippen molar-refractivity contribution in [2.75, 3.05) is 0 Å². The first-order chi connectivity index (χ1) is 4.63. The molecule has 0 fully saturated rings. The largest absolute Gasteiger partial charge is 0.347 e. The van der Waals surface area contributed by atoms with Crippen molar-refractivity contribution in [3.63, 3.8) is 0 Å². The van der Waals surface area contributed by atoms with E-state index in [1.54, 1.807) is 0 Å². The molecule has 0 amide bonds. The molecule has 6 heteroatoms. The van der Waals surface area contributed by atoms with Crippen molar-refractivity contribution >= 4 is 17.2 Å². The molecule has 0 unspecified atom stereocenters. The smallest absolute Gasteiger partial charge is 0.306 e. The fourth-order valence-electron chi connectivity index (χ4n) is 0.584. The molecule has 0 aliphatic rings. The number of hydrogen-bond donors (Lipinski definition) is 1. The van der Waals surface area contributed by atoms with Gasteiger partial charge in [-0.3, -0.25) is 14.9 Å². The number of rotatable bonds is 1. The van der Waals surface area contributed by atoms with Crippen LogP contribution in [0.25, 0.3) is 0 Å². The minimum atomic E-state index is -0.676. The van der Waals surface area contributed by atoms with Crippen LogP contribution >= 0.6 is 11.5 Å². The van der Waals surface area contributed by atoms with E-state index in [-0.39, 0.29) is 5.69 Å². The van der Waals surface area contributed by atoms with Crippen LogP contribution in [0.2, 0.25) is 0 Å². The second kappa shape index (κ2) is 2.22. The van der Waals surface area contributed by atoms with E-state index in [2.05, 4.69) is 4.37 Å². The number of nitrogens with zero attached hydrogens (tertiary/aromatic N) is 1. The van der Waals surface area contributed by atoms with Gasteiger partial charge < -0.3 is 4.37 Å². The molecule has 0 bridgehead atoms. The van der Waals surface area contributed by atoms with E-state index in [9.17, 15) is 14.9 Å². The summed E-state index contributed by atoms with van der Waals surface area (Å²) in [6.45, 7) is 1.50. The highest BCUT2D eigenvalue weighted by Crippen LogP contribution is 2.10. The molecule has 54 valence electrons. The lowest BCUT2D eigenvalue weighted by Gasteiger charge is -1.82. The average Bonchev–Trinajstić information content (AvgIpc) is 2.11. The highest BCUT2D eigenvalue weighted by atomic mass is 32.1. The van der Waals surface area contributed by atoms with Crippen LogP contribution < -0.4 is 4.74 Å². The molecule has 0 radical (unpaired) electrons. The Bertz CT molecular complexity index is 313. The Hall–Kier alpha value is -1.17. The van der Waals surface area contributed by atoms with Gasteiger partial charge in [-0.05, 0) is 18.5 Å². The predicted molar refractivity (Wildman–Crippen MR) is 36.3 cm³/mol. The van der Waals surface area contributed by atoms with E-state index in [0.29, 0.717) is 5.69 Å². The fraction of sp³-hybridized carbons (Fsp3) is 0.250. The maximum Gasteiger partial charge on any atom is 0.347 e. The number of aromatic nitrogens is 1. The average molecular weight is 160 g/mol. The SMILES string of the molecule is Cc1[nH]sc(=O)c1[N+](=O)[O-]. The molecule has 0 aliphatic carbocycles. The molecule has 5 nitrogen and oxygen atoms in total. The van der Waals surface area contributed by atoms with Gasteiger partial charge in [-0.2, -0.15) is 0 Å². The normalized spacial score (nSPS) is 9.70. The first kappa shape index (κ1) is 6.94. The van der Waals surface area contributed by atoms with E-state index in [1.807, 2.05) is 0 Å². The highest BCUT2D eigenvalue weighted by Gasteiger charge is 2.17. The molecule has 0 atom stereocenters. The van der Waals surface area contributed by atoms with Crippen molar-refractivity contribution in [1.29, 1.82) is 0 Å². The fourth-order valence-corrected chi connectivity index (χ4v) is 1.25. The van der Waals surface area contributed by atoms with Crippen LogP contribution in [-0.2, 0) is 0 Å². The molecular weight excluding hydrogens is 156 g/mol. The van der Waals surface area contributed by atoms with Gasteiger partial charge in [-0.15, -0.1) is 0 Å². The summed E-state index contributed by atoms with van der Waals surface area (Å²) in [5, 5.41) is 10.1. The zero-order chi connectivity index (χ0) is 7.72. The van der Waals surface area contributed by atoms with Gasteiger partial charge in [0.1, 0.15) is 5.69 Å². The maximum atomic E-state index is 10.6. The van der Waals surface area contributed by atoms with Gasteiger partial charge >= 0.3 is 10.4 Å². The van der Waals surface area contributed by atoms with Crippen LogP contribution in [0.15, 0.2) is 4.79 Å². The Balaban J connectivity index is 3.37. The van der Waals surface area contributed by atoms with E-state index < -0.39 is 9.67 Å². The molecule has 1 N–H and O–H groups in total. The van der Waals surface area contributed by atoms with Gasteiger partial charge in [0.2, 0.25) is 0 Å². The van der Waals surface area contributed by atoms with E-state index in [4.69, 9.17) is 0 Å². The van der Waals surface area contributed by atoms with E-state index in [0.717, 1.165) is 11.5 Å². The van der Waals surface area contributed by atoms with Crippen molar-refractivity contribution in [3.05, 3.63) is 25.3 Å². The topological polar surface area (TPSA) is 76.0 Å². The highest BCUT2D eigenvalue weighted by molar-refractivity contribution is 7.03. The van der Waals surface area contributed by atoms with Crippen molar-refractivity contribution in [3.8, 4) is 0 Å². The van der Waals surface area contributed by atoms with Crippen LogP contribution in [0.4, 0.5) is 5.69 Å². The lowest BCUT2D eigenvalue weighted by molar-refractivity contribution is -0.386. The molecule has 0 saturated heterocycles. The van der Waals surface area contributed by atoms with Crippen LogP contribution in [-0.4, -0.2) is 9.30 Å². The summed E-state index contributed by atoms with van der Waals surface area (Å²) in [5.41, 5.74) is -0.0231. The molecule has 1 rings (SSSR count). The second-order valence-electron chi connectivity index (χ2n) is 1.72. The van der Waals surface area contributed by atoms with Crippen LogP contribution in [0.3, 0.4) is 0 Å². The van der Waals surface area contributed by atoms with Crippen LogP contribution in [0.1, 0.15) is 5.69 Å². The lowest BCUT2D eigenvalue weighted by atomic mass is 10.4. The summed E-state index contributed by atoms with van der Waals surface area (Å²) in [6.07, 6.45) is 0. The first-order valence-corrected chi connectivity index (χ1v) is 3.27. The van der Waals surface area contributed by atoms with E-state index in [1.165, 1.54) is 6.92 Å². The molecule has 1 aromatic heterocycles. The third-order valence-electron chi connectivity index (χ3n) is 1.03. The van der Waals surface area contributed by atoms with Gasteiger partial charge in [0.15, 0.2) is 0 Å². The third-order valence-corrected chi connectivity index (χ3v) is 1.81. The van der Waals surface area contributed by atoms with Crippen molar-refractivity contribution in [2.45, 2.75) is 6.92 Å². The zero-order valence-corrected chi connectivity index (χ0v) is 5.90. The maximum absolute atomic E-state index is 10.6. The molecule has 1 heterocycles. The Labute approximate surface area is 59.6 Å². The number of aromatic amines is 1. The lowest BCUT2D eigenvalue weighted by Crippen LogP contribution is -2.00. The van der Waals surface area contributed by atoms with Crippen molar-refractivity contribution in [1.82, 2.24) is 4.37 Å². The molecule has 10 heavy (non-hydrogen) atoms. The summed E-state index contributed by atoms with van der Waals surface area (Å²) in [5.74, 6) is 0. The molecule has 0 saturated carbocycles. The number of nitro groups is 1. The summed E-state index contributed by atoms with van der Waals surface area (Å²) < 4.78 is 1.98. The van der Waals surface area contributed by atoms with Crippen molar-refractivity contribution < 1.29 is 4.92 Å². The number of nitrogens with one attached hydrogen (secondary N) is 1. The molecular formula is C4H4N2O3S. The summed E-state index contributed by atoms with van der Waals surface area (Å²) in [7, 11) is 0. The minimum absolute atomic E-state index is 0.319. The summed E-state index contributed by atoms with van der Waals surface area (Å²) in [4.78, 5) is 20.0. The summed E-state index contributed by atoms with van der Waals surface area (Å²) in [6, 6.07) is 0. The van der Waals surface area contributed by atoms with Gasteiger partial charge in [-0.1, -0.05) is 0 Å². The Morgan fingerprint density at radius 3 is 2.50 bits per heavy atom. The quantitative estimate of drug-likeness (QED) is 0.484. The summed E-state index contributed by atoms with van der Waals surface area (Å²) >= 11 is 0.737. The first-order valence-electron chi connectivity index (χ1n) is 2.45. The monoisotopic (exact) mass is 160 g/mol.